The molecule has 2 N–H and O–H groups in total. The van der Waals surface area contributed by atoms with Crippen molar-refractivity contribution in [3.05, 3.63) is 11.8 Å². The van der Waals surface area contributed by atoms with Crippen LogP contribution >= 0.6 is 0 Å². The maximum Gasteiger partial charge on any atom is 0.304 e. The van der Waals surface area contributed by atoms with Gasteiger partial charge in [0.2, 0.25) is 11.8 Å². The van der Waals surface area contributed by atoms with E-state index in [1.54, 1.807) is 0 Å². The highest BCUT2D eigenvalue weighted by Crippen LogP contribution is 2.19. The van der Waals surface area contributed by atoms with Gasteiger partial charge >= 0.3 is 5.97 Å². The van der Waals surface area contributed by atoms with Crippen molar-refractivity contribution >= 4 is 5.97 Å². The van der Waals surface area contributed by atoms with Gasteiger partial charge in [0, 0.05) is 12.0 Å². The van der Waals surface area contributed by atoms with Gasteiger partial charge in [-0.15, -0.1) is 10.2 Å². The van der Waals surface area contributed by atoms with Crippen molar-refractivity contribution in [1.29, 1.82) is 0 Å². The maximum absolute atomic E-state index is 10.3. The highest BCUT2D eigenvalue weighted by atomic mass is 16.4. The normalized spacial score (nSPS) is 11.7. The number of rotatable bonds is 5. The molecule has 0 aliphatic heterocycles. The van der Waals surface area contributed by atoms with E-state index in [0.29, 0.717) is 24.9 Å². The molecular formula is C10H17N3O3. The SMILES string of the molecule is CC(C)(C)c1nnc(CNCCC(=O)O)o1. The maximum atomic E-state index is 10.3. The van der Waals surface area contributed by atoms with Gasteiger partial charge in [-0.1, -0.05) is 20.8 Å². The molecule has 0 unspecified atom stereocenters. The molecular weight excluding hydrogens is 210 g/mol. The zero-order chi connectivity index (χ0) is 12.2. The van der Waals surface area contributed by atoms with E-state index in [1.807, 2.05) is 20.8 Å². The first kappa shape index (κ1) is 12.6. The fourth-order valence-corrected chi connectivity index (χ4v) is 1.02. The fraction of sp³-hybridized carbons (Fsp3) is 0.700. The first-order valence-electron chi connectivity index (χ1n) is 5.15. The van der Waals surface area contributed by atoms with E-state index in [1.165, 1.54) is 0 Å². The fourth-order valence-electron chi connectivity index (χ4n) is 1.02. The van der Waals surface area contributed by atoms with Gasteiger partial charge < -0.3 is 14.8 Å². The third-order valence-corrected chi connectivity index (χ3v) is 1.90. The van der Waals surface area contributed by atoms with Crippen molar-refractivity contribution in [2.24, 2.45) is 0 Å². The third-order valence-electron chi connectivity index (χ3n) is 1.90. The highest BCUT2D eigenvalue weighted by molar-refractivity contribution is 5.66. The predicted molar refractivity (Wildman–Crippen MR) is 57.0 cm³/mol. The number of carboxylic acid groups (broad SMARTS) is 1. The van der Waals surface area contributed by atoms with Crippen LogP contribution in [0.5, 0.6) is 0 Å². The Morgan fingerprint density at radius 2 is 2.12 bits per heavy atom. The summed E-state index contributed by atoms with van der Waals surface area (Å²) in [6, 6.07) is 0. The van der Waals surface area contributed by atoms with Gasteiger partial charge in [0.15, 0.2) is 0 Å². The largest absolute Gasteiger partial charge is 0.481 e. The number of hydrogen-bond donors (Lipinski definition) is 2. The van der Waals surface area contributed by atoms with Crippen molar-refractivity contribution in [3.8, 4) is 0 Å². The van der Waals surface area contributed by atoms with Gasteiger partial charge in [0.25, 0.3) is 0 Å². The second-order valence-corrected chi connectivity index (χ2v) is 4.57. The molecule has 1 aromatic heterocycles. The van der Waals surface area contributed by atoms with Crippen LogP contribution in [0.2, 0.25) is 0 Å². The number of aliphatic carboxylic acids is 1. The molecule has 1 heterocycles. The topological polar surface area (TPSA) is 88.2 Å². The van der Waals surface area contributed by atoms with Crippen LogP contribution < -0.4 is 5.32 Å². The molecule has 90 valence electrons. The van der Waals surface area contributed by atoms with Gasteiger partial charge in [0.05, 0.1) is 13.0 Å². The lowest BCUT2D eigenvalue weighted by Crippen LogP contribution is -2.17. The summed E-state index contributed by atoms with van der Waals surface area (Å²) in [6.07, 6.45) is 0.0836. The minimum absolute atomic E-state index is 0.0836. The molecule has 0 fully saturated rings. The second kappa shape index (κ2) is 5.07. The standard InChI is InChI=1S/C10H17N3O3/c1-10(2,3)9-13-12-7(16-9)6-11-5-4-8(14)15/h11H,4-6H2,1-3H3,(H,14,15). The minimum Gasteiger partial charge on any atom is -0.481 e. The Balaban J connectivity index is 2.38. The Labute approximate surface area is 94.1 Å². The number of hydrogen-bond acceptors (Lipinski definition) is 5. The van der Waals surface area contributed by atoms with Gasteiger partial charge in [-0.3, -0.25) is 4.79 Å². The number of nitrogens with one attached hydrogen (secondary N) is 1. The molecule has 0 aliphatic rings. The smallest absolute Gasteiger partial charge is 0.304 e. The molecule has 0 radical (unpaired) electrons. The van der Waals surface area contributed by atoms with Crippen molar-refractivity contribution < 1.29 is 14.3 Å². The molecule has 1 rings (SSSR count). The summed E-state index contributed by atoms with van der Waals surface area (Å²) in [5.41, 5.74) is -0.160. The lowest BCUT2D eigenvalue weighted by atomic mass is 9.97. The van der Waals surface area contributed by atoms with Crippen molar-refractivity contribution in [2.75, 3.05) is 6.54 Å². The highest BCUT2D eigenvalue weighted by Gasteiger charge is 2.21. The van der Waals surface area contributed by atoms with Crippen molar-refractivity contribution in [2.45, 2.75) is 39.2 Å². The number of aromatic nitrogens is 2. The van der Waals surface area contributed by atoms with E-state index in [0.717, 1.165) is 0 Å². The van der Waals surface area contributed by atoms with E-state index in [9.17, 15) is 4.79 Å². The molecule has 6 heteroatoms. The van der Waals surface area contributed by atoms with Crippen molar-refractivity contribution in [1.82, 2.24) is 15.5 Å². The molecule has 0 aromatic carbocycles. The molecule has 0 spiro atoms. The Kier molecular flexibility index (Phi) is 4.00. The van der Waals surface area contributed by atoms with Crippen LogP contribution in [0.15, 0.2) is 4.42 Å². The summed E-state index contributed by atoms with van der Waals surface area (Å²) in [5, 5.41) is 19.2. The average Bonchev–Trinajstić information content (AvgIpc) is 2.59. The summed E-state index contributed by atoms with van der Waals surface area (Å²) in [5.74, 6) is 0.242. The van der Waals surface area contributed by atoms with Gasteiger partial charge in [0.1, 0.15) is 0 Å². The summed E-state index contributed by atoms with van der Waals surface area (Å²) in [6.45, 7) is 6.76. The molecule has 0 saturated heterocycles. The number of nitrogens with zero attached hydrogens (tertiary/aromatic N) is 2. The van der Waals surface area contributed by atoms with E-state index in [2.05, 4.69) is 15.5 Å². The molecule has 0 atom stereocenters. The van der Waals surface area contributed by atoms with E-state index in [-0.39, 0.29) is 11.8 Å². The van der Waals surface area contributed by atoms with Gasteiger partial charge in [-0.05, 0) is 0 Å². The monoisotopic (exact) mass is 227 g/mol. The Hall–Kier alpha value is -1.43. The van der Waals surface area contributed by atoms with E-state index in [4.69, 9.17) is 9.52 Å². The molecule has 0 amide bonds. The van der Waals surface area contributed by atoms with E-state index >= 15 is 0 Å². The average molecular weight is 227 g/mol. The zero-order valence-corrected chi connectivity index (χ0v) is 9.78. The minimum atomic E-state index is -0.826. The van der Waals surface area contributed by atoms with Gasteiger partial charge in [-0.25, -0.2) is 0 Å². The number of carbonyl (C=O) groups is 1. The lowest BCUT2D eigenvalue weighted by molar-refractivity contribution is -0.136. The quantitative estimate of drug-likeness (QED) is 0.727. The van der Waals surface area contributed by atoms with Crippen LogP contribution in [0, 0.1) is 0 Å². The van der Waals surface area contributed by atoms with Crippen LogP contribution in [-0.4, -0.2) is 27.8 Å². The molecule has 6 nitrogen and oxygen atoms in total. The Bertz CT molecular complexity index is 354. The summed E-state index contributed by atoms with van der Waals surface area (Å²) >= 11 is 0. The third kappa shape index (κ3) is 3.98. The predicted octanol–water partition coefficient (Wildman–Crippen LogP) is 0.931. The van der Waals surface area contributed by atoms with Crippen molar-refractivity contribution in [3.63, 3.8) is 0 Å². The molecule has 0 aliphatic carbocycles. The van der Waals surface area contributed by atoms with E-state index < -0.39 is 5.97 Å². The first-order valence-corrected chi connectivity index (χ1v) is 5.15. The van der Waals surface area contributed by atoms with Crippen LogP contribution in [0.3, 0.4) is 0 Å². The lowest BCUT2D eigenvalue weighted by Gasteiger charge is -2.10. The zero-order valence-electron chi connectivity index (χ0n) is 9.78. The van der Waals surface area contributed by atoms with Crippen LogP contribution in [0.4, 0.5) is 0 Å². The summed E-state index contributed by atoms with van der Waals surface area (Å²) in [4.78, 5) is 10.3. The molecule has 1 aromatic rings. The van der Waals surface area contributed by atoms with Crippen LogP contribution in [-0.2, 0) is 16.8 Å². The van der Waals surface area contributed by atoms with Gasteiger partial charge in [-0.2, -0.15) is 0 Å². The molecule has 0 saturated carbocycles. The number of carboxylic acids is 1. The Morgan fingerprint density at radius 3 is 2.62 bits per heavy atom. The molecule has 0 bridgehead atoms. The molecule has 16 heavy (non-hydrogen) atoms. The summed E-state index contributed by atoms with van der Waals surface area (Å²) < 4.78 is 5.42. The van der Waals surface area contributed by atoms with Crippen LogP contribution in [0.25, 0.3) is 0 Å². The second-order valence-electron chi connectivity index (χ2n) is 4.57. The first-order chi connectivity index (χ1) is 7.39. The summed E-state index contributed by atoms with van der Waals surface area (Å²) in [7, 11) is 0. The van der Waals surface area contributed by atoms with Crippen LogP contribution in [0.1, 0.15) is 39.0 Å². The Morgan fingerprint density at radius 1 is 1.44 bits per heavy atom.